The molecule has 1 aromatic carbocycles. The van der Waals surface area contributed by atoms with Gasteiger partial charge < -0.3 is 0 Å². The molecule has 0 nitrogen and oxygen atoms in total. The summed E-state index contributed by atoms with van der Waals surface area (Å²) < 4.78 is 13.3. The van der Waals surface area contributed by atoms with E-state index in [0.29, 0.717) is 0 Å². The van der Waals surface area contributed by atoms with Crippen LogP contribution in [0.2, 0.25) is 0 Å². The lowest BCUT2D eigenvalue weighted by Gasteiger charge is -2.01. The van der Waals surface area contributed by atoms with E-state index in [-0.39, 0.29) is 6.67 Å². The number of hydrogen-bond acceptors (Lipinski definition) is 1. The molecule has 0 unspecified atom stereocenters. The van der Waals surface area contributed by atoms with Crippen LogP contribution in [0.1, 0.15) is 5.56 Å². The van der Waals surface area contributed by atoms with E-state index >= 15 is 0 Å². The molecule has 0 N–H and O–H groups in total. The first-order valence-corrected chi connectivity index (χ1v) is 5.46. The van der Waals surface area contributed by atoms with E-state index in [2.05, 4.69) is 22.6 Å². The molecule has 3 heteroatoms. The van der Waals surface area contributed by atoms with Gasteiger partial charge in [-0.05, 0) is 46.5 Å². The van der Waals surface area contributed by atoms with Gasteiger partial charge >= 0.3 is 0 Å². The number of hydrogen-bond donors (Lipinski definition) is 0. The fourth-order valence-electron chi connectivity index (χ4n) is 0.793. The summed E-state index contributed by atoms with van der Waals surface area (Å²) in [5.41, 5.74) is 0.757. The van der Waals surface area contributed by atoms with E-state index in [0.717, 1.165) is 9.13 Å². The first-order chi connectivity index (χ1) is 5.27. The lowest BCUT2D eigenvalue weighted by Crippen LogP contribution is -1.82. The molecule has 11 heavy (non-hydrogen) atoms. The van der Waals surface area contributed by atoms with Crippen molar-refractivity contribution in [1.29, 1.82) is 0 Å². The first kappa shape index (κ1) is 9.32. The summed E-state index contributed by atoms with van der Waals surface area (Å²) in [5.74, 6) is 0. The Morgan fingerprint density at radius 2 is 2.27 bits per heavy atom. The molecule has 1 aromatic rings. The number of rotatable bonds is 2. The van der Waals surface area contributed by atoms with Gasteiger partial charge in [0, 0.05) is 8.47 Å². The molecule has 0 aromatic heterocycles. The van der Waals surface area contributed by atoms with Crippen molar-refractivity contribution in [1.82, 2.24) is 0 Å². The summed E-state index contributed by atoms with van der Waals surface area (Å²) in [6.45, 7) is -0.370. The Labute approximate surface area is 83.7 Å². The third-order valence-corrected chi connectivity index (χ3v) is 3.42. The molecule has 1 rings (SSSR count). The van der Waals surface area contributed by atoms with Gasteiger partial charge in [0.1, 0.15) is 6.67 Å². The summed E-state index contributed by atoms with van der Waals surface area (Å²) in [4.78, 5) is 1.21. The van der Waals surface area contributed by atoms with Crippen LogP contribution in [-0.2, 0) is 6.67 Å². The van der Waals surface area contributed by atoms with Crippen molar-refractivity contribution in [3.05, 3.63) is 27.3 Å². The van der Waals surface area contributed by atoms with Crippen molar-refractivity contribution in [2.45, 2.75) is 11.6 Å². The van der Waals surface area contributed by atoms with Crippen molar-refractivity contribution in [3.63, 3.8) is 0 Å². The summed E-state index contributed by atoms with van der Waals surface area (Å²) in [6.07, 6.45) is 2.02. The van der Waals surface area contributed by atoms with Gasteiger partial charge in [-0.15, -0.1) is 11.8 Å². The second kappa shape index (κ2) is 4.30. The molecule has 0 bridgehead atoms. The minimum Gasteiger partial charge on any atom is -0.246 e. The number of thioether (sulfide) groups is 1. The summed E-state index contributed by atoms with van der Waals surface area (Å²) >= 11 is 3.91. The molecule has 0 heterocycles. The largest absolute Gasteiger partial charge is 0.246 e. The van der Waals surface area contributed by atoms with E-state index in [9.17, 15) is 4.39 Å². The van der Waals surface area contributed by atoms with Gasteiger partial charge in [0.25, 0.3) is 0 Å². The Balaban J connectivity index is 2.99. The highest BCUT2D eigenvalue weighted by molar-refractivity contribution is 14.1. The quantitative estimate of drug-likeness (QED) is 0.591. The Bertz CT molecular complexity index is 250. The summed E-state index contributed by atoms with van der Waals surface area (Å²) in [7, 11) is 0. The highest BCUT2D eigenvalue weighted by Crippen LogP contribution is 2.23. The zero-order chi connectivity index (χ0) is 8.27. The van der Waals surface area contributed by atoms with Crippen LogP contribution in [0, 0.1) is 3.57 Å². The molecular weight excluding hydrogens is 274 g/mol. The van der Waals surface area contributed by atoms with Crippen LogP contribution < -0.4 is 0 Å². The van der Waals surface area contributed by atoms with Crippen LogP contribution in [0.5, 0.6) is 0 Å². The van der Waals surface area contributed by atoms with Crippen LogP contribution in [0.25, 0.3) is 0 Å². The smallest absolute Gasteiger partial charge is 0.115 e. The van der Waals surface area contributed by atoms with E-state index in [1.54, 1.807) is 11.8 Å². The van der Waals surface area contributed by atoms with E-state index < -0.39 is 0 Å². The maximum Gasteiger partial charge on any atom is 0.115 e. The maximum atomic E-state index is 12.1. The normalized spacial score (nSPS) is 10.1. The average Bonchev–Trinajstić information content (AvgIpc) is 2.04. The molecule has 0 saturated heterocycles. The molecule has 0 spiro atoms. The van der Waals surface area contributed by atoms with Crippen molar-refractivity contribution in [3.8, 4) is 0 Å². The van der Waals surface area contributed by atoms with Gasteiger partial charge in [-0.1, -0.05) is 6.07 Å². The van der Waals surface area contributed by atoms with Crippen molar-refractivity contribution in [2.75, 3.05) is 6.26 Å². The second-order valence-corrected chi connectivity index (χ2v) is 4.11. The van der Waals surface area contributed by atoms with Gasteiger partial charge in [-0.3, -0.25) is 0 Å². The van der Waals surface area contributed by atoms with Crippen LogP contribution in [0.15, 0.2) is 23.1 Å². The van der Waals surface area contributed by atoms with Gasteiger partial charge in [-0.25, -0.2) is 4.39 Å². The van der Waals surface area contributed by atoms with Crippen molar-refractivity contribution in [2.24, 2.45) is 0 Å². The zero-order valence-electron chi connectivity index (χ0n) is 6.10. The standard InChI is InChI=1S/C8H8FIS/c1-11-8-3-2-6(5-9)4-7(8)10/h2-4H,5H2,1H3. The molecule has 0 saturated carbocycles. The van der Waals surface area contributed by atoms with Gasteiger partial charge in [0.15, 0.2) is 0 Å². The molecule has 0 fully saturated rings. The highest BCUT2D eigenvalue weighted by atomic mass is 127. The molecular formula is C8H8FIS. The summed E-state index contributed by atoms with van der Waals surface area (Å²) in [6, 6.07) is 5.67. The Morgan fingerprint density at radius 1 is 1.55 bits per heavy atom. The number of benzene rings is 1. The van der Waals surface area contributed by atoms with Crippen LogP contribution in [-0.4, -0.2) is 6.26 Å². The van der Waals surface area contributed by atoms with Crippen LogP contribution in [0.3, 0.4) is 0 Å². The first-order valence-electron chi connectivity index (χ1n) is 3.16. The Kier molecular flexibility index (Phi) is 3.65. The maximum absolute atomic E-state index is 12.1. The number of halogens is 2. The van der Waals surface area contributed by atoms with Gasteiger partial charge in [0.2, 0.25) is 0 Å². The number of alkyl halides is 1. The second-order valence-electron chi connectivity index (χ2n) is 2.10. The Hall–Kier alpha value is 0.230. The molecule has 0 amide bonds. The van der Waals surface area contributed by atoms with Crippen LogP contribution >= 0.6 is 34.4 Å². The van der Waals surface area contributed by atoms with Crippen LogP contribution in [0.4, 0.5) is 4.39 Å². The zero-order valence-corrected chi connectivity index (χ0v) is 9.08. The Morgan fingerprint density at radius 3 is 2.73 bits per heavy atom. The molecule has 0 aliphatic carbocycles. The molecule has 60 valence electrons. The topological polar surface area (TPSA) is 0 Å². The minimum atomic E-state index is -0.370. The summed E-state index contributed by atoms with van der Waals surface area (Å²) in [5, 5.41) is 0. The predicted molar refractivity (Wildman–Crippen MR) is 55.8 cm³/mol. The molecule has 0 radical (unpaired) electrons. The van der Waals surface area contributed by atoms with Crippen molar-refractivity contribution >= 4 is 34.4 Å². The molecule has 0 aliphatic rings. The van der Waals surface area contributed by atoms with E-state index in [1.807, 2.05) is 24.5 Å². The van der Waals surface area contributed by atoms with E-state index in [1.165, 1.54) is 4.90 Å². The predicted octanol–water partition coefficient (Wildman–Crippen LogP) is 3.48. The lowest BCUT2D eigenvalue weighted by molar-refractivity contribution is 0.485. The highest BCUT2D eigenvalue weighted by Gasteiger charge is 1.98. The minimum absolute atomic E-state index is 0.370. The molecule has 0 aliphatic heterocycles. The third-order valence-electron chi connectivity index (χ3n) is 1.37. The fourth-order valence-corrected chi connectivity index (χ4v) is 2.49. The SMILES string of the molecule is CSc1ccc(CF)cc1I. The van der Waals surface area contributed by atoms with Gasteiger partial charge in [-0.2, -0.15) is 0 Å². The molecule has 0 atom stereocenters. The van der Waals surface area contributed by atoms with Crippen molar-refractivity contribution < 1.29 is 4.39 Å². The monoisotopic (exact) mass is 282 g/mol. The third kappa shape index (κ3) is 2.33. The van der Waals surface area contributed by atoms with E-state index in [4.69, 9.17) is 0 Å². The van der Waals surface area contributed by atoms with Gasteiger partial charge in [0.05, 0.1) is 0 Å². The fraction of sp³-hybridized carbons (Fsp3) is 0.250. The average molecular weight is 282 g/mol. The lowest BCUT2D eigenvalue weighted by atomic mass is 10.2.